The fourth-order valence-corrected chi connectivity index (χ4v) is 7.01. The van der Waals surface area contributed by atoms with Crippen LogP contribution in [-0.2, 0) is 52.1 Å². The van der Waals surface area contributed by atoms with E-state index in [0.29, 0.717) is 26.1 Å². The molecule has 3 nitrogen and oxygen atoms in total. The van der Waals surface area contributed by atoms with Gasteiger partial charge in [0.25, 0.3) is 0 Å². The molecule has 0 unspecified atom stereocenters. The van der Waals surface area contributed by atoms with Crippen molar-refractivity contribution in [2.24, 2.45) is 0 Å². The second-order valence-corrected chi connectivity index (χ2v) is 13.3. The van der Waals surface area contributed by atoms with Gasteiger partial charge in [-0.2, -0.15) is 0 Å². The fraction of sp³-hybridized carbons (Fsp3) is 0.182. The van der Waals surface area contributed by atoms with E-state index in [-0.39, 0.29) is 0 Å². The molecule has 0 spiro atoms. The average molecular weight is 651 g/mol. The van der Waals surface area contributed by atoms with E-state index >= 15 is 0 Å². The summed E-state index contributed by atoms with van der Waals surface area (Å²) in [5.41, 5.74) is 12.8. The maximum atomic E-state index is 12.9. The zero-order valence-electron chi connectivity index (χ0n) is 27.4. The van der Waals surface area contributed by atoms with E-state index in [1.807, 2.05) is 0 Å². The first kappa shape index (κ1) is 33.4. The van der Waals surface area contributed by atoms with Gasteiger partial charge in [0, 0.05) is 0 Å². The van der Waals surface area contributed by atoms with Crippen LogP contribution >= 0.6 is 8.25 Å². The number of hydrogen-bond donors (Lipinski definition) is 0. The van der Waals surface area contributed by atoms with Gasteiger partial charge in [0.1, 0.15) is 0 Å². The molecule has 48 heavy (non-hydrogen) atoms. The standard InChI is InChI=1S/C44H43O3P/c45-48(46-29-27-39-23-13-25-41(31-35-15-5-1-6-16-35)43(39)33-37-19-9-3-10-20-37)47-30-28-40-24-14-26-42(32-36-17-7-2-8-18-36)44(40)34-38-21-11-4-12-22-38/h1-26,48H,27-34H2. The van der Waals surface area contributed by atoms with Crippen molar-refractivity contribution in [3.63, 3.8) is 0 Å². The molecule has 0 heterocycles. The second-order valence-electron chi connectivity index (χ2n) is 12.2. The predicted octanol–water partition coefficient (Wildman–Crippen LogP) is 10.3. The van der Waals surface area contributed by atoms with Crippen LogP contribution in [-0.4, -0.2) is 13.2 Å². The minimum Gasteiger partial charge on any atom is -0.310 e. The van der Waals surface area contributed by atoms with Gasteiger partial charge in [-0.25, -0.2) is 0 Å². The summed E-state index contributed by atoms with van der Waals surface area (Å²) in [7, 11) is -2.64. The number of benzene rings is 6. The van der Waals surface area contributed by atoms with Crippen LogP contribution < -0.4 is 0 Å². The molecule has 0 bridgehead atoms. The molecule has 0 amide bonds. The highest BCUT2D eigenvalue weighted by atomic mass is 31.1. The van der Waals surface area contributed by atoms with Crippen LogP contribution in [0.1, 0.15) is 55.6 Å². The smallest absolute Gasteiger partial charge is 0.310 e. The maximum absolute atomic E-state index is 12.9. The van der Waals surface area contributed by atoms with Crippen molar-refractivity contribution in [2.75, 3.05) is 13.2 Å². The minimum atomic E-state index is -2.64. The average Bonchev–Trinajstić information content (AvgIpc) is 3.12. The maximum Gasteiger partial charge on any atom is 0.319 e. The van der Waals surface area contributed by atoms with Gasteiger partial charge in [0.2, 0.25) is 0 Å². The molecular weight excluding hydrogens is 607 g/mol. The van der Waals surface area contributed by atoms with Crippen LogP contribution in [0.25, 0.3) is 0 Å². The van der Waals surface area contributed by atoms with E-state index in [4.69, 9.17) is 9.05 Å². The molecule has 0 fully saturated rings. The van der Waals surface area contributed by atoms with Crippen LogP contribution in [0.15, 0.2) is 158 Å². The van der Waals surface area contributed by atoms with Gasteiger partial charge in [-0.3, -0.25) is 4.57 Å². The lowest BCUT2D eigenvalue weighted by Gasteiger charge is -2.17. The van der Waals surface area contributed by atoms with E-state index in [1.54, 1.807) is 0 Å². The van der Waals surface area contributed by atoms with E-state index < -0.39 is 8.25 Å². The number of rotatable bonds is 16. The lowest BCUT2D eigenvalue weighted by Crippen LogP contribution is -2.06. The summed E-state index contributed by atoms with van der Waals surface area (Å²) < 4.78 is 24.5. The molecule has 6 aromatic carbocycles. The lowest BCUT2D eigenvalue weighted by atomic mass is 9.90. The molecular formula is C44H43O3P. The molecule has 0 N–H and O–H groups in total. The van der Waals surface area contributed by atoms with E-state index in [0.717, 1.165) is 25.7 Å². The highest BCUT2D eigenvalue weighted by molar-refractivity contribution is 7.33. The van der Waals surface area contributed by atoms with Gasteiger partial charge in [-0.1, -0.05) is 158 Å². The zero-order chi connectivity index (χ0) is 32.8. The molecule has 0 saturated heterocycles. The third-order valence-electron chi connectivity index (χ3n) is 8.84. The Hall–Kier alpha value is -4.53. The summed E-state index contributed by atoms with van der Waals surface area (Å²) >= 11 is 0. The summed E-state index contributed by atoms with van der Waals surface area (Å²) in [5, 5.41) is 0. The highest BCUT2D eigenvalue weighted by Gasteiger charge is 2.13. The molecule has 4 heteroatoms. The Labute approximate surface area is 286 Å². The quantitative estimate of drug-likeness (QED) is 0.0978. The predicted molar refractivity (Wildman–Crippen MR) is 198 cm³/mol. The van der Waals surface area contributed by atoms with E-state index in [1.165, 1.54) is 55.6 Å². The van der Waals surface area contributed by atoms with Crippen LogP contribution in [0.4, 0.5) is 0 Å². The molecule has 0 aliphatic heterocycles. The normalized spacial score (nSPS) is 11.2. The fourth-order valence-electron chi connectivity index (χ4n) is 6.39. The van der Waals surface area contributed by atoms with Crippen LogP contribution in [0.5, 0.6) is 0 Å². The van der Waals surface area contributed by atoms with Crippen LogP contribution in [0.2, 0.25) is 0 Å². The van der Waals surface area contributed by atoms with Gasteiger partial charge in [0.15, 0.2) is 0 Å². The first-order chi connectivity index (χ1) is 23.7. The molecule has 0 saturated carbocycles. The van der Waals surface area contributed by atoms with Gasteiger partial charge in [-0.05, 0) is 94.2 Å². The largest absolute Gasteiger partial charge is 0.319 e. The Morgan fingerprint density at radius 3 is 1.02 bits per heavy atom. The third kappa shape index (κ3) is 9.75. The van der Waals surface area contributed by atoms with Crippen molar-refractivity contribution in [2.45, 2.75) is 38.5 Å². The Balaban J connectivity index is 1.08. The molecule has 242 valence electrons. The summed E-state index contributed by atoms with van der Waals surface area (Å²) in [6.07, 6.45) is 4.78. The summed E-state index contributed by atoms with van der Waals surface area (Å²) in [6, 6.07) is 55.4. The molecule has 0 atom stereocenters. The van der Waals surface area contributed by atoms with Crippen LogP contribution in [0.3, 0.4) is 0 Å². The van der Waals surface area contributed by atoms with Crippen molar-refractivity contribution >= 4 is 8.25 Å². The van der Waals surface area contributed by atoms with Gasteiger partial charge in [-0.15, -0.1) is 0 Å². The Morgan fingerprint density at radius 2 is 0.667 bits per heavy atom. The van der Waals surface area contributed by atoms with Gasteiger partial charge < -0.3 is 9.05 Å². The summed E-state index contributed by atoms with van der Waals surface area (Å²) in [5.74, 6) is 0. The molecule has 0 aliphatic rings. The van der Waals surface area contributed by atoms with Crippen molar-refractivity contribution in [3.8, 4) is 0 Å². The first-order valence-electron chi connectivity index (χ1n) is 16.9. The van der Waals surface area contributed by atoms with Crippen LogP contribution in [0, 0.1) is 0 Å². The van der Waals surface area contributed by atoms with E-state index in [9.17, 15) is 4.57 Å². The monoisotopic (exact) mass is 650 g/mol. The highest BCUT2D eigenvalue weighted by Crippen LogP contribution is 2.28. The molecule has 6 aromatic rings. The SMILES string of the molecule is O=[PH](OCCc1cccc(Cc2ccccc2)c1Cc1ccccc1)OCCc1cccc(Cc2ccccc2)c1Cc1ccccc1. The van der Waals surface area contributed by atoms with E-state index in [2.05, 4.69) is 158 Å². The van der Waals surface area contributed by atoms with Gasteiger partial charge >= 0.3 is 8.25 Å². The summed E-state index contributed by atoms with van der Waals surface area (Å²) in [6.45, 7) is 0.695. The summed E-state index contributed by atoms with van der Waals surface area (Å²) in [4.78, 5) is 0. The molecule has 6 rings (SSSR count). The number of hydrogen-bond acceptors (Lipinski definition) is 3. The van der Waals surface area contributed by atoms with Crippen molar-refractivity contribution in [1.82, 2.24) is 0 Å². The Kier molecular flexibility index (Phi) is 12.2. The Bertz CT molecular complexity index is 1740. The van der Waals surface area contributed by atoms with Crippen molar-refractivity contribution in [3.05, 3.63) is 213 Å². The third-order valence-corrected chi connectivity index (χ3v) is 9.72. The van der Waals surface area contributed by atoms with Crippen molar-refractivity contribution in [1.29, 1.82) is 0 Å². The second kappa shape index (κ2) is 17.6. The molecule has 0 aromatic heterocycles. The minimum absolute atomic E-state index is 0.347. The first-order valence-corrected chi connectivity index (χ1v) is 18.1. The Morgan fingerprint density at radius 1 is 0.354 bits per heavy atom. The lowest BCUT2D eigenvalue weighted by molar-refractivity contribution is 0.229. The topological polar surface area (TPSA) is 35.5 Å². The zero-order valence-corrected chi connectivity index (χ0v) is 28.4. The van der Waals surface area contributed by atoms with Crippen molar-refractivity contribution < 1.29 is 13.6 Å². The molecule has 0 radical (unpaired) electrons. The van der Waals surface area contributed by atoms with Gasteiger partial charge in [0.05, 0.1) is 13.2 Å². The molecule has 0 aliphatic carbocycles.